The number of benzene rings is 3. The summed E-state index contributed by atoms with van der Waals surface area (Å²) in [5.74, 6) is -2.08. The molecule has 1 fully saturated rings. The fourth-order valence-electron chi connectivity index (χ4n) is 4.06. The Kier molecular flexibility index (Phi) is 7.12. The minimum absolute atomic E-state index is 0.0734. The molecule has 1 aliphatic rings. The Morgan fingerprint density at radius 2 is 1.61 bits per heavy atom. The third-order valence-electron chi connectivity index (χ3n) is 5.71. The molecule has 1 amide bonds. The Morgan fingerprint density at radius 3 is 2.19 bits per heavy atom. The van der Waals surface area contributed by atoms with Gasteiger partial charge in [-0.2, -0.15) is 0 Å². The van der Waals surface area contributed by atoms with Crippen molar-refractivity contribution in [3.8, 4) is 5.75 Å². The third-order valence-corrected chi connectivity index (χ3v) is 6.00. The number of hydrogen-bond acceptors (Lipinski definition) is 6. The van der Waals surface area contributed by atoms with E-state index in [4.69, 9.17) is 21.1 Å². The van der Waals surface area contributed by atoms with Crippen LogP contribution in [0, 0.1) is 0 Å². The van der Waals surface area contributed by atoms with Crippen LogP contribution in [-0.2, 0) is 14.3 Å². The number of methoxy groups -OCH3 is 1. The maximum absolute atomic E-state index is 13.3. The maximum Gasteiger partial charge on any atom is 0.338 e. The molecule has 0 bridgehead atoms. The summed E-state index contributed by atoms with van der Waals surface area (Å²) in [4.78, 5) is 40.1. The van der Waals surface area contributed by atoms with Crippen molar-refractivity contribution in [2.24, 2.45) is 0 Å². The number of amides is 1. The van der Waals surface area contributed by atoms with E-state index in [1.165, 1.54) is 30.2 Å². The number of esters is 1. The van der Waals surface area contributed by atoms with Crippen molar-refractivity contribution in [3.63, 3.8) is 0 Å². The lowest BCUT2D eigenvalue weighted by Gasteiger charge is -2.25. The number of aliphatic hydroxyl groups is 1. The lowest BCUT2D eigenvalue weighted by molar-refractivity contribution is -0.132. The Morgan fingerprint density at radius 1 is 0.972 bits per heavy atom. The number of aliphatic hydroxyl groups excluding tert-OH is 1. The Hall–Kier alpha value is -4.10. The number of rotatable bonds is 6. The van der Waals surface area contributed by atoms with Crippen LogP contribution in [0.2, 0.25) is 5.02 Å². The zero-order valence-electron chi connectivity index (χ0n) is 19.9. The second kappa shape index (κ2) is 10.3. The molecule has 0 saturated carbocycles. The summed E-state index contributed by atoms with van der Waals surface area (Å²) < 4.78 is 10.4. The van der Waals surface area contributed by atoms with Gasteiger partial charge in [0.1, 0.15) is 11.5 Å². The summed E-state index contributed by atoms with van der Waals surface area (Å²) in [7, 11) is 1.47. The lowest BCUT2D eigenvalue weighted by atomic mass is 9.95. The highest BCUT2D eigenvalue weighted by Crippen LogP contribution is 2.42. The number of halogens is 1. The molecule has 1 saturated heterocycles. The van der Waals surface area contributed by atoms with E-state index in [2.05, 4.69) is 0 Å². The Bertz CT molecular complexity index is 1350. The van der Waals surface area contributed by atoms with Crippen LogP contribution >= 0.6 is 11.6 Å². The van der Waals surface area contributed by atoms with E-state index in [0.717, 1.165) is 0 Å². The molecule has 1 heterocycles. The van der Waals surface area contributed by atoms with Gasteiger partial charge in [0.25, 0.3) is 11.7 Å². The van der Waals surface area contributed by atoms with Crippen molar-refractivity contribution in [1.29, 1.82) is 0 Å². The monoisotopic (exact) mass is 505 g/mol. The number of Topliss-reactive ketones (excluding diaryl/α,β-unsaturated/α-hetero) is 1. The summed E-state index contributed by atoms with van der Waals surface area (Å²) in [5, 5.41) is 11.5. The first-order valence-electron chi connectivity index (χ1n) is 11.2. The van der Waals surface area contributed by atoms with Crippen molar-refractivity contribution < 1.29 is 29.0 Å². The zero-order chi connectivity index (χ0) is 26.0. The molecule has 4 rings (SSSR count). The van der Waals surface area contributed by atoms with E-state index in [9.17, 15) is 19.5 Å². The second-order valence-corrected chi connectivity index (χ2v) is 8.84. The number of anilines is 1. The fraction of sp³-hybridized carbons (Fsp3) is 0.179. The van der Waals surface area contributed by atoms with Gasteiger partial charge in [-0.15, -0.1) is 0 Å². The largest absolute Gasteiger partial charge is 0.507 e. The van der Waals surface area contributed by atoms with Crippen molar-refractivity contribution in [2.45, 2.75) is 26.0 Å². The fourth-order valence-corrected chi connectivity index (χ4v) is 4.32. The standard InChI is InChI=1S/C28H24ClNO6/c1-16(2)36-28(34)18-9-12-20(13-10-18)30-24(17-7-5-4-6-8-17)23(26(32)27(30)33)25(31)19-11-14-22(35-3)21(29)15-19/h4-16,24,31H,1-3H3/b25-23-. The van der Waals surface area contributed by atoms with Crippen molar-refractivity contribution in [1.82, 2.24) is 0 Å². The van der Waals surface area contributed by atoms with Gasteiger partial charge in [-0.25, -0.2) is 4.79 Å². The summed E-state index contributed by atoms with van der Waals surface area (Å²) in [6.07, 6.45) is -0.278. The number of carbonyl (C=O) groups excluding carboxylic acids is 3. The molecule has 1 N–H and O–H groups in total. The van der Waals surface area contributed by atoms with E-state index in [1.54, 1.807) is 62.4 Å². The van der Waals surface area contributed by atoms with Crippen LogP contribution in [0.3, 0.4) is 0 Å². The average molecular weight is 506 g/mol. The van der Waals surface area contributed by atoms with Gasteiger partial charge in [-0.05, 0) is 61.9 Å². The van der Waals surface area contributed by atoms with Gasteiger partial charge in [0.2, 0.25) is 0 Å². The topological polar surface area (TPSA) is 93.1 Å². The van der Waals surface area contributed by atoms with E-state index < -0.39 is 23.7 Å². The summed E-state index contributed by atoms with van der Waals surface area (Å²) in [5.41, 5.74) is 1.52. The van der Waals surface area contributed by atoms with Crippen LogP contribution in [0.25, 0.3) is 5.76 Å². The SMILES string of the molecule is COc1ccc(/C(O)=C2/C(=O)C(=O)N(c3ccc(C(=O)OC(C)C)cc3)C2c2ccccc2)cc1Cl. The van der Waals surface area contributed by atoms with Gasteiger partial charge >= 0.3 is 5.97 Å². The molecule has 36 heavy (non-hydrogen) atoms. The molecule has 0 spiro atoms. The molecule has 7 nitrogen and oxygen atoms in total. The van der Waals surface area contributed by atoms with E-state index in [0.29, 0.717) is 22.6 Å². The predicted molar refractivity (Wildman–Crippen MR) is 136 cm³/mol. The van der Waals surface area contributed by atoms with Crippen LogP contribution in [0.4, 0.5) is 5.69 Å². The van der Waals surface area contributed by atoms with Gasteiger partial charge in [0.05, 0.1) is 35.4 Å². The summed E-state index contributed by atoms with van der Waals surface area (Å²) in [6, 6.07) is 18.8. The molecule has 8 heteroatoms. The first-order valence-corrected chi connectivity index (χ1v) is 11.6. The van der Waals surface area contributed by atoms with Crippen molar-refractivity contribution in [2.75, 3.05) is 12.0 Å². The highest BCUT2D eigenvalue weighted by molar-refractivity contribution is 6.51. The van der Waals surface area contributed by atoms with Crippen LogP contribution in [-0.4, -0.2) is 36.0 Å². The molecule has 3 aromatic rings. The van der Waals surface area contributed by atoms with Crippen LogP contribution < -0.4 is 9.64 Å². The molecule has 1 unspecified atom stereocenters. The van der Waals surface area contributed by atoms with Gasteiger partial charge in [-0.3, -0.25) is 14.5 Å². The number of carbonyl (C=O) groups is 3. The zero-order valence-corrected chi connectivity index (χ0v) is 20.7. The van der Waals surface area contributed by atoms with Crippen molar-refractivity contribution in [3.05, 3.63) is 100 Å². The molecular formula is C28H24ClNO6. The third kappa shape index (κ3) is 4.70. The summed E-state index contributed by atoms with van der Waals surface area (Å²) in [6.45, 7) is 3.50. The molecule has 0 aliphatic carbocycles. The van der Waals surface area contributed by atoms with Gasteiger partial charge in [0, 0.05) is 11.3 Å². The molecule has 0 aromatic heterocycles. The molecule has 1 aliphatic heterocycles. The van der Waals surface area contributed by atoms with Crippen LogP contribution in [0.15, 0.2) is 78.4 Å². The minimum atomic E-state index is -0.902. The smallest absolute Gasteiger partial charge is 0.338 e. The maximum atomic E-state index is 13.3. The number of nitrogens with zero attached hydrogens (tertiary/aromatic N) is 1. The molecule has 3 aromatic carbocycles. The van der Waals surface area contributed by atoms with E-state index >= 15 is 0 Å². The van der Waals surface area contributed by atoms with Gasteiger partial charge < -0.3 is 14.6 Å². The molecular weight excluding hydrogens is 482 g/mol. The highest BCUT2D eigenvalue weighted by atomic mass is 35.5. The van der Waals surface area contributed by atoms with Crippen molar-refractivity contribution >= 4 is 40.7 Å². The number of hydrogen-bond donors (Lipinski definition) is 1. The van der Waals surface area contributed by atoms with E-state index in [1.807, 2.05) is 6.07 Å². The van der Waals surface area contributed by atoms with Crippen LogP contribution in [0.1, 0.15) is 41.4 Å². The van der Waals surface area contributed by atoms with Gasteiger partial charge in [0.15, 0.2) is 0 Å². The minimum Gasteiger partial charge on any atom is -0.507 e. The Labute approximate surface area is 213 Å². The number of ketones is 1. The van der Waals surface area contributed by atoms with Crippen LogP contribution in [0.5, 0.6) is 5.75 Å². The highest BCUT2D eigenvalue weighted by Gasteiger charge is 2.47. The normalized spacial score (nSPS) is 16.9. The molecule has 1 atom stereocenters. The Balaban J connectivity index is 1.83. The first-order chi connectivity index (χ1) is 17.2. The van der Waals surface area contributed by atoms with Gasteiger partial charge in [-0.1, -0.05) is 41.9 Å². The molecule has 184 valence electrons. The average Bonchev–Trinajstić information content (AvgIpc) is 3.14. The number of ether oxygens (including phenoxy) is 2. The van der Waals surface area contributed by atoms with E-state index in [-0.39, 0.29) is 28.0 Å². The second-order valence-electron chi connectivity index (χ2n) is 8.43. The predicted octanol–water partition coefficient (Wildman–Crippen LogP) is 5.54. The first kappa shape index (κ1) is 25.0. The quantitative estimate of drug-likeness (QED) is 0.204. The summed E-state index contributed by atoms with van der Waals surface area (Å²) >= 11 is 6.24. The molecule has 0 radical (unpaired) electrons. The lowest BCUT2D eigenvalue weighted by Crippen LogP contribution is -2.29.